The second-order valence-corrected chi connectivity index (χ2v) is 10.7. The van der Waals surface area contributed by atoms with Gasteiger partial charge in [-0.15, -0.1) is 0 Å². The van der Waals surface area contributed by atoms with Crippen molar-refractivity contribution in [3.05, 3.63) is 156 Å². The lowest BCUT2D eigenvalue weighted by Crippen LogP contribution is -2.18. The van der Waals surface area contributed by atoms with Crippen molar-refractivity contribution in [1.82, 2.24) is 19.9 Å². The zero-order chi connectivity index (χ0) is 37.5. The summed E-state index contributed by atoms with van der Waals surface area (Å²) in [7, 11) is 5.16. The Kier molecular flexibility index (Phi) is 25.8. The molecule has 1 aromatic carbocycles. The third-order valence-corrected chi connectivity index (χ3v) is 7.75. The number of benzene rings is 1. The third kappa shape index (κ3) is 16.1. The van der Waals surface area contributed by atoms with Crippen molar-refractivity contribution < 1.29 is 14.2 Å². The van der Waals surface area contributed by atoms with E-state index in [-0.39, 0.29) is 18.3 Å². The number of aromatic nitrogens is 4. The molecule has 0 spiro atoms. The van der Waals surface area contributed by atoms with Crippen LogP contribution in [0.2, 0.25) is 0 Å². The number of hydrogen-bond donors (Lipinski definition) is 0. The highest BCUT2D eigenvalue weighted by atomic mass is 16.5. The summed E-state index contributed by atoms with van der Waals surface area (Å²) in [6.07, 6.45) is 13.7. The molecule has 2 unspecified atom stereocenters. The van der Waals surface area contributed by atoms with Crippen LogP contribution in [0.5, 0.6) is 0 Å². The average molecular weight is 695 g/mol. The molecular formula is C44H62N4O3. The minimum atomic E-state index is -0.188. The molecule has 5 aromatic rings. The molecule has 7 heteroatoms. The van der Waals surface area contributed by atoms with Crippen molar-refractivity contribution in [2.45, 2.75) is 92.0 Å². The Hall–Kier alpha value is -4.30. The van der Waals surface area contributed by atoms with Gasteiger partial charge in [-0.2, -0.15) is 0 Å². The number of rotatable bonds is 9. The van der Waals surface area contributed by atoms with Crippen molar-refractivity contribution in [3.63, 3.8) is 0 Å². The molecule has 1 fully saturated rings. The predicted molar refractivity (Wildman–Crippen MR) is 211 cm³/mol. The van der Waals surface area contributed by atoms with Gasteiger partial charge in [0.15, 0.2) is 0 Å². The molecule has 0 amide bonds. The Morgan fingerprint density at radius 2 is 0.804 bits per heavy atom. The molecule has 4 aromatic heterocycles. The summed E-state index contributed by atoms with van der Waals surface area (Å²) in [6.45, 7) is 12.0. The topological polar surface area (TPSA) is 79.2 Å². The number of methoxy groups -OCH3 is 3. The van der Waals surface area contributed by atoms with E-state index in [1.165, 1.54) is 32.1 Å². The first-order valence-corrected chi connectivity index (χ1v) is 18.5. The molecule has 6 rings (SSSR count). The fourth-order valence-electron chi connectivity index (χ4n) is 5.58. The zero-order valence-electron chi connectivity index (χ0n) is 32.5. The lowest BCUT2D eigenvalue weighted by Gasteiger charge is -2.28. The molecule has 7 nitrogen and oxygen atoms in total. The summed E-state index contributed by atoms with van der Waals surface area (Å²) in [5.41, 5.74) is 4.90. The second kappa shape index (κ2) is 29.4. The highest BCUT2D eigenvalue weighted by Crippen LogP contribution is 2.35. The van der Waals surface area contributed by atoms with Crippen LogP contribution in [0.15, 0.2) is 128 Å². The number of ether oxygens (including phenoxy) is 3. The van der Waals surface area contributed by atoms with Gasteiger partial charge in [0, 0.05) is 46.1 Å². The van der Waals surface area contributed by atoms with Gasteiger partial charge in [0.05, 0.1) is 22.8 Å². The van der Waals surface area contributed by atoms with Gasteiger partial charge in [-0.05, 0) is 72.9 Å². The van der Waals surface area contributed by atoms with E-state index >= 15 is 0 Å². The maximum absolute atomic E-state index is 5.61. The molecule has 51 heavy (non-hydrogen) atoms. The van der Waals surface area contributed by atoms with Crippen molar-refractivity contribution in [2.24, 2.45) is 5.92 Å². The standard InChI is InChI=1S/C13H19NO.C13H13NO.C12H12N2O.3C2H6/c2*1-15-13(11-7-3-2-4-8-11)12-9-5-6-10-14-12;1-15-12(10-6-2-4-8-13-10)11-7-3-5-9-14-11;3*1-2/h5-6,9-11,13H,2-4,7-8H2,1H3;2-10,13H,1H3;2-9,12H,1H3;3*1-2H3. The van der Waals surface area contributed by atoms with E-state index in [1.807, 2.05) is 145 Å². The van der Waals surface area contributed by atoms with E-state index in [2.05, 4.69) is 26.0 Å². The largest absolute Gasteiger partial charge is 0.375 e. The summed E-state index contributed by atoms with van der Waals surface area (Å²) < 4.78 is 16.5. The normalized spacial score (nSPS) is 13.0. The summed E-state index contributed by atoms with van der Waals surface area (Å²) in [4.78, 5) is 17.2. The van der Waals surface area contributed by atoms with Gasteiger partial charge >= 0.3 is 0 Å². The zero-order valence-corrected chi connectivity index (χ0v) is 32.5. The van der Waals surface area contributed by atoms with Gasteiger partial charge in [-0.25, -0.2) is 0 Å². The van der Waals surface area contributed by atoms with E-state index in [1.54, 1.807) is 39.9 Å². The fraction of sp³-hybridized carbons (Fsp3) is 0.409. The third-order valence-electron chi connectivity index (χ3n) is 7.75. The first-order valence-electron chi connectivity index (χ1n) is 18.5. The van der Waals surface area contributed by atoms with Crippen LogP contribution < -0.4 is 0 Å². The van der Waals surface area contributed by atoms with Gasteiger partial charge in [0.2, 0.25) is 0 Å². The Morgan fingerprint density at radius 1 is 0.431 bits per heavy atom. The Bertz CT molecular complexity index is 1280. The quantitative estimate of drug-likeness (QED) is 0.152. The molecule has 0 saturated heterocycles. The number of nitrogens with zero attached hydrogens (tertiary/aromatic N) is 4. The molecule has 1 aliphatic rings. The molecule has 4 heterocycles. The van der Waals surface area contributed by atoms with Crippen LogP contribution in [0.4, 0.5) is 0 Å². The molecule has 1 saturated carbocycles. The summed E-state index contributed by atoms with van der Waals surface area (Å²) in [5.74, 6) is 0.665. The van der Waals surface area contributed by atoms with E-state index in [0.29, 0.717) is 5.92 Å². The van der Waals surface area contributed by atoms with Crippen LogP contribution in [-0.4, -0.2) is 41.3 Å². The first-order chi connectivity index (χ1) is 25.2. The van der Waals surface area contributed by atoms with Crippen LogP contribution in [0.1, 0.15) is 120 Å². The smallest absolute Gasteiger partial charge is 0.141 e. The molecule has 0 radical (unpaired) electrons. The lowest BCUT2D eigenvalue weighted by molar-refractivity contribution is 0.0323. The second-order valence-electron chi connectivity index (χ2n) is 10.7. The molecule has 1 aliphatic carbocycles. The first kappa shape index (κ1) is 44.7. The van der Waals surface area contributed by atoms with E-state index in [0.717, 1.165) is 28.3 Å². The van der Waals surface area contributed by atoms with Crippen LogP contribution >= 0.6 is 0 Å². The summed E-state index contributed by atoms with van der Waals surface area (Å²) >= 11 is 0. The maximum atomic E-state index is 5.61. The molecule has 0 N–H and O–H groups in total. The van der Waals surface area contributed by atoms with Gasteiger partial charge < -0.3 is 14.2 Å². The Labute approximate surface area is 308 Å². The van der Waals surface area contributed by atoms with E-state index in [9.17, 15) is 0 Å². The van der Waals surface area contributed by atoms with Crippen LogP contribution in [0.25, 0.3) is 0 Å². The summed E-state index contributed by atoms with van der Waals surface area (Å²) in [6, 6.07) is 33.5. The summed E-state index contributed by atoms with van der Waals surface area (Å²) in [5, 5.41) is 0. The maximum Gasteiger partial charge on any atom is 0.141 e. The molecule has 0 aliphatic heterocycles. The van der Waals surface area contributed by atoms with Crippen molar-refractivity contribution in [2.75, 3.05) is 21.3 Å². The molecule has 2 atom stereocenters. The van der Waals surface area contributed by atoms with Gasteiger partial charge in [-0.1, -0.05) is 115 Å². The average Bonchev–Trinajstić information content (AvgIpc) is 3.24. The predicted octanol–water partition coefficient (Wildman–Crippen LogP) is 11.5. The SMILES string of the molecule is CC.CC.CC.COC(c1ccccc1)c1ccccn1.COC(c1ccccn1)C1CCCCC1.COC(c1ccccn1)c1ccccn1. The van der Waals surface area contributed by atoms with E-state index in [4.69, 9.17) is 14.2 Å². The highest BCUT2D eigenvalue weighted by molar-refractivity contribution is 5.25. The number of hydrogen-bond acceptors (Lipinski definition) is 7. The highest BCUT2D eigenvalue weighted by Gasteiger charge is 2.25. The van der Waals surface area contributed by atoms with Crippen molar-refractivity contribution in [3.8, 4) is 0 Å². The van der Waals surface area contributed by atoms with Gasteiger partial charge in [-0.3, -0.25) is 19.9 Å². The lowest BCUT2D eigenvalue weighted by atomic mass is 9.84. The van der Waals surface area contributed by atoms with E-state index < -0.39 is 0 Å². The van der Waals surface area contributed by atoms with Crippen LogP contribution in [-0.2, 0) is 14.2 Å². The molecular weight excluding hydrogens is 633 g/mol. The minimum Gasteiger partial charge on any atom is -0.375 e. The fourth-order valence-corrected chi connectivity index (χ4v) is 5.58. The van der Waals surface area contributed by atoms with Crippen molar-refractivity contribution >= 4 is 0 Å². The van der Waals surface area contributed by atoms with Crippen LogP contribution in [0, 0.1) is 5.92 Å². The molecule has 276 valence electrons. The van der Waals surface area contributed by atoms with Crippen molar-refractivity contribution in [1.29, 1.82) is 0 Å². The Morgan fingerprint density at radius 3 is 1.16 bits per heavy atom. The van der Waals surface area contributed by atoms with Crippen LogP contribution in [0.3, 0.4) is 0 Å². The van der Waals surface area contributed by atoms with Gasteiger partial charge in [0.25, 0.3) is 0 Å². The monoisotopic (exact) mass is 694 g/mol. The Balaban J connectivity index is 0.000000356. The molecule has 0 bridgehead atoms. The van der Waals surface area contributed by atoms with Gasteiger partial charge in [0.1, 0.15) is 18.3 Å². The minimum absolute atomic E-state index is 0.0765. The number of pyridine rings is 4.